The number of aryl methyl sites for hydroxylation is 2. The lowest BCUT2D eigenvalue weighted by Gasteiger charge is -2.13. The van der Waals surface area contributed by atoms with Crippen LogP contribution < -0.4 is 5.73 Å². The fraction of sp³-hybridized carbons (Fsp3) is 0.250. The summed E-state index contributed by atoms with van der Waals surface area (Å²) < 4.78 is 0. The van der Waals surface area contributed by atoms with Crippen LogP contribution >= 0.6 is 0 Å². The Balaban J connectivity index is 2.64. The first-order valence-electron chi connectivity index (χ1n) is 6.08. The minimum atomic E-state index is 0.854. The lowest BCUT2D eigenvalue weighted by atomic mass is 9.93. The summed E-state index contributed by atoms with van der Waals surface area (Å²) in [6.07, 6.45) is 1.06. The second-order valence-electron chi connectivity index (χ2n) is 4.53. The monoisotopic (exact) mass is 225 g/mol. The van der Waals surface area contributed by atoms with Crippen molar-refractivity contribution in [3.05, 3.63) is 53.1 Å². The molecule has 1 nitrogen and oxygen atoms in total. The van der Waals surface area contributed by atoms with E-state index in [2.05, 4.69) is 51.1 Å². The van der Waals surface area contributed by atoms with E-state index in [1.807, 2.05) is 6.07 Å². The smallest absolute Gasteiger partial charge is 0.0394 e. The van der Waals surface area contributed by atoms with Crippen molar-refractivity contribution in [2.75, 3.05) is 5.73 Å². The zero-order chi connectivity index (χ0) is 12.4. The van der Waals surface area contributed by atoms with Gasteiger partial charge < -0.3 is 5.73 Å². The van der Waals surface area contributed by atoms with Gasteiger partial charge in [-0.3, -0.25) is 0 Å². The van der Waals surface area contributed by atoms with Crippen LogP contribution in [0.1, 0.15) is 23.6 Å². The summed E-state index contributed by atoms with van der Waals surface area (Å²) in [5.74, 6) is 0. The molecule has 2 aromatic rings. The number of rotatable bonds is 2. The first-order chi connectivity index (χ1) is 8.13. The van der Waals surface area contributed by atoms with Crippen molar-refractivity contribution in [2.24, 2.45) is 0 Å². The minimum Gasteiger partial charge on any atom is -0.398 e. The van der Waals surface area contributed by atoms with Crippen molar-refractivity contribution >= 4 is 5.69 Å². The number of nitrogens with two attached hydrogens (primary N) is 1. The van der Waals surface area contributed by atoms with Crippen LogP contribution in [0.15, 0.2) is 36.4 Å². The Morgan fingerprint density at radius 1 is 1.00 bits per heavy atom. The zero-order valence-corrected chi connectivity index (χ0v) is 10.7. The molecule has 2 N–H and O–H groups in total. The summed E-state index contributed by atoms with van der Waals surface area (Å²) in [7, 11) is 0. The molecule has 0 aliphatic rings. The van der Waals surface area contributed by atoms with Gasteiger partial charge in [0.2, 0.25) is 0 Å². The molecule has 0 spiro atoms. The molecule has 0 aliphatic heterocycles. The first kappa shape index (κ1) is 11.7. The molecular weight excluding hydrogens is 206 g/mol. The molecule has 0 fully saturated rings. The van der Waals surface area contributed by atoms with Crippen molar-refractivity contribution in [3.63, 3.8) is 0 Å². The van der Waals surface area contributed by atoms with Crippen LogP contribution in [0.5, 0.6) is 0 Å². The quantitative estimate of drug-likeness (QED) is 0.764. The van der Waals surface area contributed by atoms with Gasteiger partial charge in [-0.2, -0.15) is 0 Å². The largest absolute Gasteiger partial charge is 0.398 e. The third-order valence-corrected chi connectivity index (χ3v) is 3.33. The lowest BCUT2D eigenvalue weighted by Crippen LogP contribution is -1.95. The summed E-state index contributed by atoms with van der Waals surface area (Å²) in [6, 6.07) is 12.7. The van der Waals surface area contributed by atoms with Crippen molar-refractivity contribution in [2.45, 2.75) is 27.2 Å². The van der Waals surface area contributed by atoms with E-state index in [4.69, 9.17) is 5.73 Å². The van der Waals surface area contributed by atoms with Crippen molar-refractivity contribution < 1.29 is 0 Å². The van der Waals surface area contributed by atoms with Gasteiger partial charge in [0.1, 0.15) is 0 Å². The van der Waals surface area contributed by atoms with E-state index in [1.165, 1.54) is 22.3 Å². The Bertz CT molecular complexity index is 541. The molecular formula is C16H19N. The van der Waals surface area contributed by atoms with Crippen LogP contribution in [-0.2, 0) is 6.42 Å². The molecule has 88 valence electrons. The summed E-state index contributed by atoms with van der Waals surface area (Å²) in [5, 5.41) is 0. The normalized spacial score (nSPS) is 10.5. The molecule has 0 heterocycles. The Morgan fingerprint density at radius 3 is 2.47 bits per heavy atom. The lowest BCUT2D eigenvalue weighted by molar-refractivity contribution is 1.11. The third-order valence-electron chi connectivity index (χ3n) is 3.33. The van der Waals surface area contributed by atoms with E-state index in [0.29, 0.717) is 0 Å². The highest BCUT2D eigenvalue weighted by molar-refractivity contribution is 5.79. The fourth-order valence-electron chi connectivity index (χ4n) is 2.26. The molecule has 0 radical (unpaired) electrons. The molecule has 0 atom stereocenters. The number of hydrogen-bond donors (Lipinski definition) is 1. The Kier molecular flexibility index (Phi) is 3.19. The predicted molar refractivity (Wildman–Crippen MR) is 75.1 cm³/mol. The zero-order valence-electron chi connectivity index (χ0n) is 10.7. The number of nitrogen functional groups attached to an aromatic ring is 1. The molecule has 0 saturated heterocycles. The Morgan fingerprint density at radius 2 is 1.76 bits per heavy atom. The first-order valence-corrected chi connectivity index (χ1v) is 6.08. The highest BCUT2D eigenvalue weighted by atomic mass is 14.6. The van der Waals surface area contributed by atoms with Crippen molar-refractivity contribution in [1.82, 2.24) is 0 Å². The molecule has 17 heavy (non-hydrogen) atoms. The van der Waals surface area contributed by atoms with Crippen LogP contribution in [0.2, 0.25) is 0 Å². The summed E-state index contributed by atoms with van der Waals surface area (Å²) in [6.45, 7) is 6.46. The molecule has 1 heteroatoms. The summed E-state index contributed by atoms with van der Waals surface area (Å²) in [5.41, 5.74) is 13.3. The molecule has 0 amide bonds. The summed E-state index contributed by atoms with van der Waals surface area (Å²) in [4.78, 5) is 0. The molecule has 0 aliphatic carbocycles. The van der Waals surface area contributed by atoms with Gasteiger partial charge in [0, 0.05) is 11.3 Å². The number of hydrogen-bond acceptors (Lipinski definition) is 1. The molecule has 2 aromatic carbocycles. The van der Waals surface area contributed by atoms with E-state index in [1.54, 1.807) is 0 Å². The van der Waals surface area contributed by atoms with Gasteiger partial charge in [-0.1, -0.05) is 36.8 Å². The maximum atomic E-state index is 6.08. The van der Waals surface area contributed by atoms with Crippen LogP contribution in [0.3, 0.4) is 0 Å². The second-order valence-corrected chi connectivity index (χ2v) is 4.53. The molecule has 0 unspecified atom stereocenters. The maximum absolute atomic E-state index is 6.08. The van der Waals surface area contributed by atoms with Gasteiger partial charge in [-0.05, 0) is 49.1 Å². The highest BCUT2D eigenvalue weighted by Gasteiger charge is 2.08. The van der Waals surface area contributed by atoms with Gasteiger partial charge in [0.15, 0.2) is 0 Å². The van der Waals surface area contributed by atoms with E-state index in [9.17, 15) is 0 Å². The van der Waals surface area contributed by atoms with Gasteiger partial charge in [0.25, 0.3) is 0 Å². The molecule has 0 bridgehead atoms. The van der Waals surface area contributed by atoms with Crippen molar-refractivity contribution in [1.29, 1.82) is 0 Å². The van der Waals surface area contributed by atoms with E-state index >= 15 is 0 Å². The maximum Gasteiger partial charge on any atom is 0.0394 e. The van der Waals surface area contributed by atoms with Gasteiger partial charge in [-0.25, -0.2) is 0 Å². The second kappa shape index (κ2) is 4.62. The Hall–Kier alpha value is -1.76. The van der Waals surface area contributed by atoms with Crippen molar-refractivity contribution in [3.8, 4) is 11.1 Å². The molecule has 2 rings (SSSR count). The SMILES string of the molecule is CCc1cccc(-c2cc(C)ccc2N)c1C. The van der Waals surface area contributed by atoms with Gasteiger partial charge >= 0.3 is 0 Å². The highest BCUT2D eigenvalue weighted by Crippen LogP contribution is 2.31. The van der Waals surface area contributed by atoms with Gasteiger partial charge in [0.05, 0.1) is 0 Å². The third kappa shape index (κ3) is 2.19. The standard InChI is InChI=1S/C16H19N/c1-4-13-6-5-7-14(12(13)3)15-10-11(2)8-9-16(15)17/h5-10H,4,17H2,1-3H3. The predicted octanol–water partition coefficient (Wildman–Crippen LogP) is 4.12. The average molecular weight is 225 g/mol. The molecule has 0 saturated carbocycles. The number of benzene rings is 2. The fourth-order valence-corrected chi connectivity index (χ4v) is 2.26. The Labute approximate surface area is 103 Å². The minimum absolute atomic E-state index is 0.854. The van der Waals surface area contributed by atoms with Crippen LogP contribution in [0, 0.1) is 13.8 Å². The van der Waals surface area contributed by atoms with Gasteiger partial charge in [-0.15, -0.1) is 0 Å². The van der Waals surface area contributed by atoms with Crippen LogP contribution in [0.4, 0.5) is 5.69 Å². The van der Waals surface area contributed by atoms with E-state index in [-0.39, 0.29) is 0 Å². The average Bonchev–Trinajstić information content (AvgIpc) is 2.33. The van der Waals surface area contributed by atoms with Crippen LogP contribution in [-0.4, -0.2) is 0 Å². The van der Waals surface area contributed by atoms with E-state index < -0.39 is 0 Å². The summed E-state index contributed by atoms with van der Waals surface area (Å²) >= 11 is 0. The van der Waals surface area contributed by atoms with E-state index in [0.717, 1.165) is 17.7 Å². The molecule has 0 aromatic heterocycles. The van der Waals surface area contributed by atoms with Crippen LogP contribution in [0.25, 0.3) is 11.1 Å². The topological polar surface area (TPSA) is 26.0 Å². The number of anilines is 1.